The van der Waals surface area contributed by atoms with Crippen molar-refractivity contribution in [1.82, 2.24) is 0 Å². The van der Waals surface area contributed by atoms with Crippen LogP contribution in [0.1, 0.15) is 33.6 Å². The van der Waals surface area contributed by atoms with Gasteiger partial charge in [-0.15, -0.1) is 0 Å². The Kier molecular flexibility index (Phi) is 4.81. The first kappa shape index (κ1) is 9.34. The van der Waals surface area contributed by atoms with Gasteiger partial charge < -0.3 is 0 Å². The second-order valence-corrected chi connectivity index (χ2v) is 2.68. The van der Waals surface area contributed by atoms with Gasteiger partial charge in [-0.3, -0.25) is 0 Å². The SMILES string of the molecule is CCC(CC=C(C)C)N=O. The lowest BCUT2D eigenvalue weighted by molar-refractivity contribution is 0.655. The summed E-state index contributed by atoms with van der Waals surface area (Å²) in [7, 11) is 0. The number of hydrogen-bond acceptors (Lipinski definition) is 2. The maximum Gasteiger partial charge on any atom is 0.0951 e. The quantitative estimate of drug-likeness (QED) is 0.437. The summed E-state index contributed by atoms with van der Waals surface area (Å²) in [5, 5.41) is 2.98. The van der Waals surface area contributed by atoms with E-state index in [-0.39, 0.29) is 6.04 Å². The van der Waals surface area contributed by atoms with Crippen molar-refractivity contribution in [2.24, 2.45) is 5.18 Å². The number of hydrogen-bond donors (Lipinski definition) is 0. The molecule has 0 saturated heterocycles. The number of allylic oxidation sites excluding steroid dienone is 1. The van der Waals surface area contributed by atoms with E-state index in [1.165, 1.54) is 5.57 Å². The molecule has 2 nitrogen and oxygen atoms in total. The van der Waals surface area contributed by atoms with Gasteiger partial charge >= 0.3 is 0 Å². The van der Waals surface area contributed by atoms with E-state index in [0.29, 0.717) is 0 Å². The van der Waals surface area contributed by atoms with Crippen molar-refractivity contribution in [3.63, 3.8) is 0 Å². The molecule has 0 aliphatic rings. The van der Waals surface area contributed by atoms with Crippen molar-refractivity contribution in [3.8, 4) is 0 Å². The minimum absolute atomic E-state index is 0.0186. The molecule has 58 valence electrons. The highest BCUT2D eigenvalue weighted by Gasteiger charge is 2.01. The van der Waals surface area contributed by atoms with Crippen LogP contribution in [0.3, 0.4) is 0 Å². The maximum atomic E-state index is 10.1. The van der Waals surface area contributed by atoms with Crippen molar-refractivity contribution in [2.45, 2.75) is 39.7 Å². The van der Waals surface area contributed by atoms with Gasteiger partial charge in [0.05, 0.1) is 6.04 Å². The molecule has 0 aromatic heterocycles. The second-order valence-electron chi connectivity index (χ2n) is 2.68. The molecule has 0 fully saturated rings. The van der Waals surface area contributed by atoms with Gasteiger partial charge in [0.25, 0.3) is 0 Å². The van der Waals surface area contributed by atoms with Gasteiger partial charge in [0.2, 0.25) is 0 Å². The van der Waals surface area contributed by atoms with Crippen molar-refractivity contribution in [3.05, 3.63) is 16.6 Å². The highest BCUT2D eigenvalue weighted by Crippen LogP contribution is 2.05. The Hall–Kier alpha value is -0.660. The van der Waals surface area contributed by atoms with Crippen LogP contribution in [0.15, 0.2) is 16.8 Å². The second kappa shape index (κ2) is 5.15. The van der Waals surface area contributed by atoms with Crippen molar-refractivity contribution < 1.29 is 0 Å². The third kappa shape index (κ3) is 4.24. The number of rotatable bonds is 4. The van der Waals surface area contributed by atoms with Crippen LogP contribution in [0, 0.1) is 4.91 Å². The van der Waals surface area contributed by atoms with Crippen LogP contribution in [-0.4, -0.2) is 6.04 Å². The summed E-state index contributed by atoms with van der Waals surface area (Å²) in [6.45, 7) is 6.03. The zero-order valence-electron chi connectivity index (χ0n) is 6.92. The van der Waals surface area contributed by atoms with E-state index in [4.69, 9.17) is 0 Å². The highest BCUT2D eigenvalue weighted by molar-refractivity contribution is 4.95. The lowest BCUT2D eigenvalue weighted by Gasteiger charge is -2.00. The number of nitroso groups, excluding NO2 is 1. The average molecular weight is 141 g/mol. The minimum Gasteiger partial charge on any atom is -0.151 e. The van der Waals surface area contributed by atoms with Crippen LogP contribution in [0.25, 0.3) is 0 Å². The molecule has 0 radical (unpaired) electrons. The monoisotopic (exact) mass is 141 g/mol. The van der Waals surface area contributed by atoms with E-state index in [2.05, 4.69) is 11.3 Å². The van der Waals surface area contributed by atoms with Gasteiger partial charge in [-0.1, -0.05) is 23.7 Å². The normalized spacial score (nSPS) is 12.3. The topological polar surface area (TPSA) is 29.4 Å². The number of nitrogens with zero attached hydrogens (tertiary/aromatic N) is 1. The zero-order chi connectivity index (χ0) is 7.98. The molecule has 0 aromatic rings. The Balaban J connectivity index is 3.64. The standard InChI is InChI=1S/C8H15NO/c1-4-8(9-10)6-5-7(2)3/h5,8H,4,6H2,1-3H3. The van der Waals surface area contributed by atoms with Gasteiger partial charge in [-0.2, -0.15) is 4.91 Å². The fourth-order valence-electron chi connectivity index (χ4n) is 0.656. The summed E-state index contributed by atoms with van der Waals surface area (Å²) in [4.78, 5) is 10.1. The van der Waals surface area contributed by atoms with E-state index in [1.54, 1.807) is 0 Å². The molecule has 0 heterocycles. The van der Waals surface area contributed by atoms with Gasteiger partial charge in [0.1, 0.15) is 0 Å². The van der Waals surface area contributed by atoms with Crippen LogP contribution in [0.4, 0.5) is 0 Å². The van der Waals surface area contributed by atoms with E-state index < -0.39 is 0 Å². The summed E-state index contributed by atoms with van der Waals surface area (Å²) >= 11 is 0. The van der Waals surface area contributed by atoms with E-state index in [9.17, 15) is 4.91 Å². The molecule has 10 heavy (non-hydrogen) atoms. The van der Waals surface area contributed by atoms with Crippen molar-refractivity contribution in [2.75, 3.05) is 0 Å². The fourth-order valence-corrected chi connectivity index (χ4v) is 0.656. The Morgan fingerprint density at radius 1 is 1.60 bits per heavy atom. The highest BCUT2D eigenvalue weighted by atomic mass is 16.3. The maximum absolute atomic E-state index is 10.1. The molecule has 0 aliphatic carbocycles. The lowest BCUT2D eigenvalue weighted by Crippen LogP contribution is -1.98. The molecular formula is C8H15NO. The Morgan fingerprint density at radius 3 is 2.50 bits per heavy atom. The Labute approximate surface area is 62.3 Å². The summed E-state index contributed by atoms with van der Waals surface area (Å²) in [6.07, 6.45) is 3.69. The minimum atomic E-state index is -0.0186. The predicted octanol–water partition coefficient (Wildman–Crippen LogP) is 2.89. The zero-order valence-corrected chi connectivity index (χ0v) is 6.92. The van der Waals surface area contributed by atoms with Crippen molar-refractivity contribution in [1.29, 1.82) is 0 Å². The molecule has 0 aliphatic heterocycles. The van der Waals surface area contributed by atoms with Gasteiger partial charge in [-0.05, 0) is 26.7 Å². The first-order valence-corrected chi connectivity index (χ1v) is 3.66. The molecule has 1 atom stereocenters. The third-order valence-electron chi connectivity index (χ3n) is 1.42. The smallest absolute Gasteiger partial charge is 0.0951 e. The van der Waals surface area contributed by atoms with Crippen molar-refractivity contribution >= 4 is 0 Å². The Morgan fingerprint density at radius 2 is 2.20 bits per heavy atom. The van der Waals surface area contributed by atoms with Crippen LogP contribution >= 0.6 is 0 Å². The molecule has 1 unspecified atom stereocenters. The van der Waals surface area contributed by atoms with E-state index in [0.717, 1.165) is 12.8 Å². The van der Waals surface area contributed by atoms with Crippen LogP contribution in [0.5, 0.6) is 0 Å². The van der Waals surface area contributed by atoms with Crippen LogP contribution in [0.2, 0.25) is 0 Å². The predicted molar refractivity (Wildman–Crippen MR) is 43.9 cm³/mol. The Bertz CT molecular complexity index is 125. The lowest BCUT2D eigenvalue weighted by atomic mass is 10.1. The summed E-state index contributed by atoms with van der Waals surface area (Å²) in [5.41, 5.74) is 1.25. The third-order valence-corrected chi connectivity index (χ3v) is 1.42. The van der Waals surface area contributed by atoms with Crippen LogP contribution in [-0.2, 0) is 0 Å². The fraction of sp³-hybridized carbons (Fsp3) is 0.750. The van der Waals surface area contributed by atoms with E-state index in [1.807, 2.05) is 20.8 Å². The first-order valence-electron chi connectivity index (χ1n) is 3.66. The molecule has 0 aromatic carbocycles. The largest absolute Gasteiger partial charge is 0.151 e. The summed E-state index contributed by atoms with van der Waals surface area (Å²) in [6, 6.07) is -0.0186. The molecular weight excluding hydrogens is 126 g/mol. The molecule has 0 rings (SSSR count). The average Bonchev–Trinajstić information content (AvgIpc) is 1.90. The van der Waals surface area contributed by atoms with Gasteiger partial charge in [0.15, 0.2) is 0 Å². The molecule has 0 bridgehead atoms. The van der Waals surface area contributed by atoms with Gasteiger partial charge in [0, 0.05) is 0 Å². The summed E-state index contributed by atoms with van der Waals surface area (Å²) < 4.78 is 0. The molecule has 0 spiro atoms. The van der Waals surface area contributed by atoms with Crippen LogP contribution < -0.4 is 0 Å². The summed E-state index contributed by atoms with van der Waals surface area (Å²) in [5.74, 6) is 0. The molecule has 0 amide bonds. The first-order chi connectivity index (χ1) is 4.70. The molecule has 0 N–H and O–H groups in total. The molecule has 2 heteroatoms. The van der Waals surface area contributed by atoms with E-state index >= 15 is 0 Å². The molecule has 0 saturated carbocycles. The van der Waals surface area contributed by atoms with Gasteiger partial charge in [-0.25, -0.2) is 0 Å².